The van der Waals surface area contributed by atoms with Crippen molar-refractivity contribution in [2.24, 2.45) is 11.7 Å². The van der Waals surface area contributed by atoms with Gasteiger partial charge in [-0.05, 0) is 19.8 Å². The van der Waals surface area contributed by atoms with Crippen molar-refractivity contribution in [1.29, 1.82) is 0 Å². The number of nitrogens with two attached hydrogens (primary N) is 1. The first-order valence-corrected chi connectivity index (χ1v) is 7.00. The molecule has 2 atom stereocenters. The lowest BCUT2D eigenvalue weighted by Crippen LogP contribution is -2.51. The number of amides is 1. The van der Waals surface area contributed by atoms with E-state index in [4.69, 9.17) is 5.73 Å². The summed E-state index contributed by atoms with van der Waals surface area (Å²) in [6, 6.07) is 0. The highest BCUT2D eigenvalue weighted by atomic mass is 16.5. The average molecular weight is 295 g/mol. The van der Waals surface area contributed by atoms with Gasteiger partial charge in [0.25, 0.3) is 0 Å². The van der Waals surface area contributed by atoms with Gasteiger partial charge in [0.05, 0.1) is 13.0 Å². The van der Waals surface area contributed by atoms with Crippen LogP contribution >= 0.6 is 0 Å². The Morgan fingerprint density at radius 2 is 2.29 bits per heavy atom. The summed E-state index contributed by atoms with van der Waals surface area (Å²) in [6.45, 7) is 1.90. The second kappa shape index (κ2) is 6.21. The number of carbonyl (C=O) groups is 2. The van der Waals surface area contributed by atoms with Crippen molar-refractivity contribution in [2.45, 2.75) is 44.6 Å². The van der Waals surface area contributed by atoms with Crippen LogP contribution in [-0.4, -0.2) is 39.7 Å². The number of nitrogens with zero attached hydrogens (tertiary/aromatic N) is 2. The number of anilines is 1. The fraction of sp³-hybridized carbons (Fsp3) is 0.692. The standard InChI is InChI=1S/C13H21N5O3/c1-13(14)6-4-3-5-8(13)11(20)16-12-15-9(17-18-12)7-10(19)21-2/h8H,3-7,14H2,1-2H3,(H2,15,16,17,18,20). The van der Waals surface area contributed by atoms with Crippen molar-refractivity contribution >= 4 is 17.8 Å². The van der Waals surface area contributed by atoms with E-state index < -0.39 is 11.5 Å². The van der Waals surface area contributed by atoms with Crippen molar-refractivity contribution in [3.8, 4) is 0 Å². The molecule has 0 aromatic carbocycles. The molecule has 8 nitrogen and oxygen atoms in total. The Balaban J connectivity index is 1.98. The van der Waals surface area contributed by atoms with Crippen LogP contribution in [0.2, 0.25) is 0 Å². The molecule has 1 aromatic rings. The van der Waals surface area contributed by atoms with Crippen LogP contribution in [0.4, 0.5) is 5.95 Å². The molecule has 21 heavy (non-hydrogen) atoms. The average Bonchev–Trinajstić information content (AvgIpc) is 2.85. The number of ether oxygens (including phenoxy) is 1. The lowest BCUT2D eigenvalue weighted by Gasteiger charge is -2.36. The van der Waals surface area contributed by atoms with E-state index in [2.05, 4.69) is 25.2 Å². The van der Waals surface area contributed by atoms with Crippen LogP contribution in [-0.2, 0) is 20.7 Å². The molecule has 1 fully saturated rings. The maximum absolute atomic E-state index is 12.3. The number of aromatic nitrogens is 3. The Bertz CT molecular complexity index is 526. The SMILES string of the molecule is COC(=O)Cc1nc(NC(=O)C2CCCCC2(C)N)n[nH]1. The first kappa shape index (κ1) is 15.4. The van der Waals surface area contributed by atoms with Gasteiger partial charge in [0, 0.05) is 5.54 Å². The summed E-state index contributed by atoms with van der Waals surface area (Å²) in [5.41, 5.74) is 5.69. The molecule has 2 unspecified atom stereocenters. The maximum atomic E-state index is 12.3. The molecular weight excluding hydrogens is 274 g/mol. The van der Waals surface area contributed by atoms with E-state index in [1.807, 2.05) is 6.92 Å². The van der Waals surface area contributed by atoms with Gasteiger partial charge in [-0.25, -0.2) is 0 Å². The first-order chi connectivity index (χ1) is 9.92. The summed E-state index contributed by atoms with van der Waals surface area (Å²) in [5, 5.41) is 9.12. The second-order valence-electron chi connectivity index (χ2n) is 5.65. The van der Waals surface area contributed by atoms with Gasteiger partial charge in [-0.1, -0.05) is 12.8 Å². The Morgan fingerprint density at radius 1 is 1.52 bits per heavy atom. The van der Waals surface area contributed by atoms with Gasteiger partial charge in [-0.3, -0.25) is 20.0 Å². The zero-order chi connectivity index (χ0) is 15.5. The molecule has 1 aromatic heterocycles. The van der Waals surface area contributed by atoms with Crippen molar-refractivity contribution in [1.82, 2.24) is 15.2 Å². The summed E-state index contributed by atoms with van der Waals surface area (Å²) in [4.78, 5) is 27.5. The van der Waals surface area contributed by atoms with Gasteiger partial charge in [0.1, 0.15) is 12.2 Å². The monoisotopic (exact) mass is 295 g/mol. The topological polar surface area (TPSA) is 123 Å². The van der Waals surface area contributed by atoms with Crippen LogP contribution in [0.25, 0.3) is 0 Å². The molecule has 4 N–H and O–H groups in total. The minimum Gasteiger partial charge on any atom is -0.469 e. The number of hydrogen-bond acceptors (Lipinski definition) is 6. The third kappa shape index (κ3) is 3.78. The summed E-state index contributed by atoms with van der Waals surface area (Å²) in [5.74, 6) is -0.362. The van der Waals surface area contributed by atoms with Crippen molar-refractivity contribution in [2.75, 3.05) is 12.4 Å². The van der Waals surface area contributed by atoms with E-state index in [-0.39, 0.29) is 24.2 Å². The van der Waals surface area contributed by atoms with E-state index in [9.17, 15) is 9.59 Å². The molecule has 0 aliphatic heterocycles. The van der Waals surface area contributed by atoms with Gasteiger partial charge in [-0.15, -0.1) is 5.10 Å². The minimum atomic E-state index is -0.506. The molecule has 2 rings (SSSR count). The van der Waals surface area contributed by atoms with Crippen LogP contribution < -0.4 is 11.1 Å². The molecule has 1 aliphatic carbocycles. The number of H-pyrrole nitrogens is 1. The normalized spacial score (nSPS) is 25.4. The molecule has 0 radical (unpaired) electrons. The molecule has 0 spiro atoms. The Morgan fingerprint density at radius 3 is 2.95 bits per heavy atom. The molecule has 1 aliphatic rings. The number of carbonyl (C=O) groups excluding carboxylic acids is 2. The fourth-order valence-electron chi connectivity index (χ4n) is 2.63. The van der Waals surface area contributed by atoms with Gasteiger partial charge in [0.15, 0.2) is 0 Å². The van der Waals surface area contributed by atoms with Gasteiger partial charge in [0.2, 0.25) is 11.9 Å². The zero-order valence-corrected chi connectivity index (χ0v) is 12.3. The molecule has 1 saturated carbocycles. The number of hydrogen-bond donors (Lipinski definition) is 3. The first-order valence-electron chi connectivity index (χ1n) is 7.00. The third-order valence-corrected chi connectivity index (χ3v) is 3.88. The Kier molecular flexibility index (Phi) is 4.56. The van der Waals surface area contributed by atoms with Crippen LogP contribution in [0.3, 0.4) is 0 Å². The molecule has 0 saturated heterocycles. The van der Waals surface area contributed by atoms with Crippen LogP contribution in [0.1, 0.15) is 38.4 Å². The highest BCUT2D eigenvalue weighted by Gasteiger charge is 2.38. The number of esters is 1. The van der Waals surface area contributed by atoms with Crippen molar-refractivity contribution in [3.05, 3.63) is 5.82 Å². The van der Waals surface area contributed by atoms with Gasteiger partial charge < -0.3 is 10.5 Å². The largest absolute Gasteiger partial charge is 0.469 e. The Hall–Kier alpha value is -1.96. The lowest BCUT2D eigenvalue weighted by molar-refractivity contribution is -0.139. The highest BCUT2D eigenvalue weighted by Crippen LogP contribution is 2.32. The number of aromatic amines is 1. The van der Waals surface area contributed by atoms with Crippen LogP contribution in [0.5, 0.6) is 0 Å². The molecule has 0 bridgehead atoms. The van der Waals surface area contributed by atoms with Gasteiger partial charge >= 0.3 is 5.97 Å². The van der Waals surface area contributed by atoms with Gasteiger partial charge in [-0.2, -0.15) is 4.98 Å². The predicted octanol–water partition coefficient (Wildman–Crippen LogP) is 0.366. The molecule has 8 heteroatoms. The summed E-state index contributed by atoms with van der Waals surface area (Å²) in [6.07, 6.45) is 3.61. The quantitative estimate of drug-likeness (QED) is 0.689. The van der Waals surface area contributed by atoms with Crippen molar-refractivity contribution < 1.29 is 14.3 Å². The Labute approximate surface area is 122 Å². The summed E-state index contributed by atoms with van der Waals surface area (Å²) >= 11 is 0. The summed E-state index contributed by atoms with van der Waals surface area (Å²) in [7, 11) is 1.30. The fourth-order valence-corrected chi connectivity index (χ4v) is 2.63. The predicted molar refractivity (Wildman–Crippen MR) is 75.3 cm³/mol. The number of methoxy groups -OCH3 is 1. The highest BCUT2D eigenvalue weighted by molar-refractivity contribution is 5.92. The third-order valence-electron chi connectivity index (χ3n) is 3.88. The minimum absolute atomic E-state index is 0.0165. The maximum Gasteiger partial charge on any atom is 0.313 e. The summed E-state index contributed by atoms with van der Waals surface area (Å²) < 4.78 is 4.54. The lowest BCUT2D eigenvalue weighted by atomic mass is 9.74. The number of rotatable bonds is 4. The van der Waals surface area contributed by atoms with E-state index in [0.717, 1.165) is 25.7 Å². The zero-order valence-electron chi connectivity index (χ0n) is 12.3. The molecule has 116 valence electrons. The van der Waals surface area contributed by atoms with Crippen LogP contribution in [0.15, 0.2) is 0 Å². The second-order valence-corrected chi connectivity index (χ2v) is 5.65. The van der Waals surface area contributed by atoms with E-state index in [0.29, 0.717) is 5.82 Å². The van der Waals surface area contributed by atoms with E-state index in [1.54, 1.807) is 0 Å². The smallest absolute Gasteiger partial charge is 0.313 e. The molecule has 1 heterocycles. The number of nitrogens with one attached hydrogen (secondary N) is 2. The van der Waals surface area contributed by atoms with E-state index >= 15 is 0 Å². The van der Waals surface area contributed by atoms with E-state index in [1.165, 1.54) is 7.11 Å². The molecular formula is C13H21N5O3. The van der Waals surface area contributed by atoms with Crippen LogP contribution in [0, 0.1) is 5.92 Å². The van der Waals surface area contributed by atoms with Crippen molar-refractivity contribution in [3.63, 3.8) is 0 Å². The molecule has 1 amide bonds.